The zero-order valence-electron chi connectivity index (χ0n) is 7.85. The van der Waals surface area contributed by atoms with Gasteiger partial charge in [0.05, 0.1) is 7.11 Å². The quantitative estimate of drug-likeness (QED) is 0.684. The summed E-state index contributed by atoms with van der Waals surface area (Å²) in [5.41, 5.74) is 0.0229. The lowest BCUT2D eigenvalue weighted by Crippen LogP contribution is -2.11. The van der Waals surface area contributed by atoms with E-state index in [4.69, 9.17) is 5.11 Å². The summed E-state index contributed by atoms with van der Waals surface area (Å²) in [6.07, 6.45) is -0.697. The van der Waals surface area contributed by atoms with Crippen molar-refractivity contribution in [3.05, 3.63) is 23.8 Å². The summed E-state index contributed by atoms with van der Waals surface area (Å²) in [5.74, 6) is -1.66. The molecule has 0 aliphatic carbocycles. The number of carbonyl (C=O) groups is 2. The molecule has 15 heavy (non-hydrogen) atoms. The number of benzene rings is 1. The molecule has 80 valence electrons. The highest BCUT2D eigenvalue weighted by Crippen LogP contribution is 2.21. The molecule has 3 N–H and O–H groups in total. The van der Waals surface area contributed by atoms with Crippen LogP contribution in [0.1, 0.15) is 10.4 Å². The number of nitrogens with one attached hydrogen (secondary N) is 1. The fourth-order valence-electron chi connectivity index (χ4n) is 0.959. The highest BCUT2D eigenvalue weighted by Gasteiger charge is 2.10. The lowest BCUT2D eigenvalue weighted by molar-refractivity contribution is 0.0694. The smallest absolute Gasteiger partial charge is 0.411 e. The molecule has 0 saturated carbocycles. The van der Waals surface area contributed by atoms with Gasteiger partial charge in [0.15, 0.2) is 0 Å². The van der Waals surface area contributed by atoms with Crippen LogP contribution >= 0.6 is 0 Å². The Morgan fingerprint density at radius 3 is 2.53 bits per heavy atom. The third kappa shape index (κ3) is 2.60. The molecule has 6 nitrogen and oxygen atoms in total. The van der Waals surface area contributed by atoms with Crippen LogP contribution < -0.4 is 5.32 Å². The van der Waals surface area contributed by atoms with Gasteiger partial charge in [0, 0.05) is 11.8 Å². The molecular formula is C9H9NO5. The summed E-state index contributed by atoms with van der Waals surface area (Å²) >= 11 is 0. The van der Waals surface area contributed by atoms with Gasteiger partial charge in [-0.15, -0.1) is 0 Å². The van der Waals surface area contributed by atoms with Crippen molar-refractivity contribution in [1.82, 2.24) is 0 Å². The van der Waals surface area contributed by atoms with Crippen molar-refractivity contribution in [2.75, 3.05) is 12.4 Å². The van der Waals surface area contributed by atoms with Crippen LogP contribution in [0.2, 0.25) is 0 Å². The molecule has 0 aliphatic heterocycles. The molecule has 1 aromatic carbocycles. The van der Waals surface area contributed by atoms with E-state index in [0.717, 1.165) is 6.07 Å². The Kier molecular flexibility index (Phi) is 3.12. The number of phenols is 1. The number of hydrogen-bond donors (Lipinski definition) is 3. The highest BCUT2D eigenvalue weighted by atomic mass is 16.5. The van der Waals surface area contributed by atoms with Crippen molar-refractivity contribution in [3.8, 4) is 5.75 Å². The monoisotopic (exact) mass is 211 g/mol. The predicted octanol–water partition coefficient (Wildman–Crippen LogP) is 1.27. The third-order valence-electron chi connectivity index (χ3n) is 1.66. The van der Waals surface area contributed by atoms with Crippen molar-refractivity contribution >= 4 is 17.7 Å². The normalized spacial score (nSPS) is 9.40. The van der Waals surface area contributed by atoms with Crippen LogP contribution in [-0.4, -0.2) is 29.4 Å². The molecule has 0 radical (unpaired) electrons. The highest BCUT2D eigenvalue weighted by molar-refractivity contribution is 5.92. The molecule has 6 heteroatoms. The minimum Gasteiger partial charge on any atom is -0.507 e. The Morgan fingerprint density at radius 1 is 1.40 bits per heavy atom. The Bertz CT molecular complexity index is 401. The van der Waals surface area contributed by atoms with E-state index < -0.39 is 17.8 Å². The van der Waals surface area contributed by atoms with Gasteiger partial charge in [-0.05, 0) is 12.1 Å². The van der Waals surface area contributed by atoms with Crippen LogP contribution in [0.5, 0.6) is 5.75 Å². The summed E-state index contributed by atoms with van der Waals surface area (Å²) in [7, 11) is 1.20. The molecule has 0 unspecified atom stereocenters. The van der Waals surface area contributed by atoms with Gasteiger partial charge in [-0.1, -0.05) is 0 Å². The fraction of sp³-hybridized carbons (Fsp3) is 0.111. The number of hydrogen-bond acceptors (Lipinski definition) is 4. The number of carboxylic acid groups (broad SMARTS) is 1. The van der Waals surface area contributed by atoms with Crippen LogP contribution in [0.15, 0.2) is 18.2 Å². The van der Waals surface area contributed by atoms with E-state index in [1.807, 2.05) is 0 Å². The first-order valence-electron chi connectivity index (χ1n) is 3.96. The zero-order chi connectivity index (χ0) is 11.4. The molecule has 1 rings (SSSR count). The molecule has 0 spiro atoms. The number of carbonyl (C=O) groups excluding carboxylic acids is 1. The van der Waals surface area contributed by atoms with Crippen LogP contribution in [0.3, 0.4) is 0 Å². The number of aromatic hydroxyl groups is 1. The summed E-state index contributed by atoms with van der Waals surface area (Å²) in [6.45, 7) is 0. The van der Waals surface area contributed by atoms with Crippen molar-refractivity contribution in [2.24, 2.45) is 0 Å². The van der Waals surface area contributed by atoms with Gasteiger partial charge in [-0.25, -0.2) is 9.59 Å². The second kappa shape index (κ2) is 4.32. The van der Waals surface area contributed by atoms with Gasteiger partial charge in [0.2, 0.25) is 0 Å². The topological polar surface area (TPSA) is 95.9 Å². The summed E-state index contributed by atoms with van der Waals surface area (Å²) < 4.78 is 4.32. The van der Waals surface area contributed by atoms with E-state index in [1.54, 1.807) is 0 Å². The number of aromatic carboxylic acids is 1. The maximum absolute atomic E-state index is 10.8. The molecule has 0 heterocycles. The van der Waals surface area contributed by atoms with E-state index in [2.05, 4.69) is 10.1 Å². The molecule has 1 aromatic rings. The Labute approximate surface area is 85.1 Å². The number of rotatable bonds is 2. The van der Waals surface area contributed by atoms with Crippen molar-refractivity contribution < 1.29 is 24.5 Å². The van der Waals surface area contributed by atoms with Crippen LogP contribution in [0.4, 0.5) is 10.5 Å². The standard InChI is InChI=1S/C9H9NO5/c1-15-9(14)10-5-2-3-6(8(12)13)7(11)4-5/h2-4,11H,1H3,(H,10,14)(H,12,13). The number of carboxylic acids is 1. The average molecular weight is 211 g/mol. The Morgan fingerprint density at radius 2 is 2.07 bits per heavy atom. The summed E-state index contributed by atoms with van der Waals surface area (Å²) in [5, 5.41) is 20.2. The Hall–Kier alpha value is -2.24. The number of ether oxygens (including phenoxy) is 1. The van der Waals surface area contributed by atoms with Crippen LogP contribution in [0, 0.1) is 0 Å². The van der Waals surface area contributed by atoms with E-state index in [1.165, 1.54) is 19.2 Å². The number of methoxy groups -OCH3 is 1. The Balaban J connectivity index is 2.91. The minimum absolute atomic E-state index is 0.231. The summed E-state index contributed by atoms with van der Waals surface area (Å²) in [6, 6.07) is 3.66. The van der Waals surface area contributed by atoms with Crippen molar-refractivity contribution in [1.29, 1.82) is 0 Å². The molecule has 0 bridgehead atoms. The van der Waals surface area contributed by atoms with E-state index in [0.29, 0.717) is 0 Å². The third-order valence-corrected chi connectivity index (χ3v) is 1.66. The SMILES string of the molecule is COC(=O)Nc1ccc(C(=O)O)c(O)c1. The maximum Gasteiger partial charge on any atom is 0.411 e. The largest absolute Gasteiger partial charge is 0.507 e. The van der Waals surface area contributed by atoms with Gasteiger partial charge in [0.25, 0.3) is 0 Å². The summed E-state index contributed by atoms with van der Waals surface area (Å²) in [4.78, 5) is 21.3. The van der Waals surface area contributed by atoms with Crippen LogP contribution in [-0.2, 0) is 4.74 Å². The molecule has 0 atom stereocenters. The van der Waals surface area contributed by atoms with E-state index >= 15 is 0 Å². The molecule has 1 amide bonds. The molecular weight excluding hydrogens is 202 g/mol. The van der Waals surface area contributed by atoms with Gasteiger partial charge in [-0.2, -0.15) is 0 Å². The average Bonchev–Trinajstić information content (AvgIpc) is 2.17. The molecule has 0 aromatic heterocycles. The van der Waals surface area contributed by atoms with Gasteiger partial charge >= 0.3 is 12.1 Å². The van der Waals surface area contributed by atoms with Gasteiger partial charge in [-0.3, -0.25) is 5.32 Å². The first kappa shape index (κ1) is 10.8. The first-order valence-corrected chi connectivity index (χ1v) is 3.96. The number of amides is 1. The molecule has 0 fully saturated rings. The lowest BCUT2D eigenvalue weighted by Gasteiger charge is -2.05. The molecule has 0 aliphatic rings. The van der Waals surface area contributed by atoms with Gasteiger partial charge < -0.3 is 14.9 Å². The minimum atomic E-state index is -1.24. The lowest BCUT2D eigenvalue weighted by atomic mass is 10.2. The van der Waals surface area contributed by atoms with Crippen molar-refractivity contribution in [3.63, 3.8) is 0 Å². The van der Waals surface area contributed by atoms with E-state index in [-0.39, 0.29) is 11.3 Å². The zero-order valence-corrected chi connectivity index (χ0v) is 7.85. The second-order valence-electron chi connectivity index (χ2n) is 2.65. The number of anilines is 1. The first-order chi connectivity index (χ1) is 7.04. The van der Waals surface area contributed by atoms with E-state index in [9.17, 15) is 14.7 Å². The van der Waals surface area contributed by atoms with Crippen molar-refractivity contribution in [2.45, 2.75) is 0 Å². The molecule has 0 saturated heterocycles. The van der Waals surface area contributed by atoms with Gasteiger partial charge in [0.1, 0.15) is 11.3 Å². The second-order valence-corrected chi connectivity index (χ2v) is 2.65. The predicted molar refractivity (Wildman–Crippen MR) is 51.1 cm³/mol. The fourth-order valence-corrected chi connectivity index (χ4v) is 0.959. The maximum atomic E-state index is 10.8. The van der Waals surface area contributed by atoms with Crippen LogP contribution in [0.25, 0.3) is 0 Å².